The highest BCUT2D eigenvalue weighted by molar-refractivity contribution is 8.14. The lowest BCUT2D eigenvalue weighted by molar-refractivity contribution is 0.213. The van der Waals surface area contributed by atoms with Crippen LogP contribution < -0.4 is 10.6 Å². The summed E-state index contributed by atoms with van der Waals surface area (Å²) >= 11 is 1.29. The first-order valence-corrected chi connectivity index (χ1v) is 9.28. The number of rotatable bonds is 5. The fourth-order valence-electron chi connectivity index (χ4n) is 2.45. The maximum atomic E-state index is 12.1. The first-order chi connectivity index (χ1) is 11.1. The molecule has 1 rings (SSSR count). The van der Waals surface area contributed by atoms with E-state index in [2.05, 4.69) is 22.2 Å². The predicted octanol–water partition coefficient (Wildman–Crippen LogP) is 3.36. The Morgan fingerprint density at radius 2 is 1.91 bits per heavy atom. The van der Waals surface area contributed by atoms with Gasteiger partial charge in [0.25, 0.3) is 0 Å². The maximum absolute atomic E-state index is 12.1. The van der Waals surface area contributed by atoms with Crippen LogP contribution in [-0.4, -0.2) is 47.0 Å². The molecule has 130 valence electrons. The summed E-state index contributed by atoms with van der Waals surface area (Å²) in [6.07, 6.45) is 7.27. The van der Waals surface area contributed by atoms with Crippen LogP contribution in [0.4, 0.5) is 9.59 Å². The normalized spacial score (nSPS) is 15.8. The standard InChI is InChI=1S/C16H28N4O2S/c1-4-12-23-15(19-16(22)20(5-2)6-3)18-14(21)17-13-10-8-7-9-11-13/h4,13H,1,5-12H2,2-3H3,(H2,17,18,19,21,22). The summed E-state index contributed by atoms with van der Waals surface area (Å²) in [5.41, 5.74) is 0. The number of nitrogens with zero attached hydrogens (tertiary/aromatic N) is 2. The monoisotopic (exact) mass is 340 g/mol. The highest BCUT2D eigenvalue weighted by Crippen LogP contribution is 2.17. The van der Waals surface area contributed by atoms with E-state index in [0.717, 1.165) is 25.7 Å². The molecule has 0 unspecified atom stereocenters. The molecule has 0 aliphatic heterocycles. The third kappa shape index (κ3) is 7.54. The molecule has 0 radical (unpaired) electrons. The highest BCUT2D eigenvalue weighted by Gasteiger charge is 2.17. The van der Waals surface area contributed by atoms with Gasteiger partial charge in [-0.25, -0.2) is 9.59 Å². The summed E-state index contributed by atoms with van der Waals surface area (Å²) in [6, 6.07) is -0.410. The van der Waals surface area contributed by atoms with Gasteiger partial charge in [-0.1, -0.05) is 37.1 Å². The van der Waals surface area contributed by atoms with Crippen molar-refractivity contribution in [3.63, 3.8) is 0 Å². The van der Waals surface area contributed by atoms with Crippen molar-refractivity contribution < 1.29 is 9.59 Å². The van der Waals surface area contributed by atoms with Gasteiger partial charge >= 0.3 is 12.1 Å². The molecule has 0 atom stereocenters. The lowest BCUT2D eigenvalue weighted by Gasteiger charge is -2.23. The van der Waals surface area contributed by atoms with E-state index in [1.54, 1.807) is 11.0 Å². The maximum Gasteiger partial charge on any atom is 0.345 e. The Balaban J connectivity index is 2.63. The lowest BCUT2D eigenvalue weighted by atomic mass is 9.96. The van der Waals surface area contributed by atoms with E-state index in [1.807, 2.05) is 13.8 Å². The van der Waals surface area contributed by atoms with E-state index in [1.165, 1.54) is 18.2 Å². The molecule has 1 saturated carbocycles. The van der Waals surface area contributed by atoms with Gasteiger partial charge in [0, 0.05) is 24.9 Å². The van der Waals surface area contributed by atoms with Crippen molar-refractivity contribution in [2.75, 3.05) is 18.8 Å². The van der Waals surface area contributed by atoms with Crippen molar-refractivity contribution in [2.24, 2.45) is 4.99 Å². The highest BCUT2D eigenvalue weighted by atomic mass is 32.2. The summed E-state index contributed by atoms with van der Waals surface area (Å²) in [4.78, 5) is 29.8. The van der Waals surface area contributed by atoms with E-state index in [0.29, 0.717) is 24.0 Å². The Kier molecular flexibility index (Phi) is 9.43. The van der Waals surface area contributed by atoms with Crippen molar-refractivity contribution in [3.8, 4) is 0 Å². The van der Waals surface area contributed by atoms with Gasteiger partial charge in [0.05, 0.1) is 0 Å². The molecule has 0 saturated heterocycles. The molecular formula is C16H28N4O2S. The van der Waals surface area contributed by atoms with Gasteiger partial charge < -0.3 is 10.2 Å². The molecule has 23 heavy (non-hydrogen) atoms. The quantitative estimate of drug-likeness (QED) is 0.458. The average molecular weight is 340 g/mol. The van der Waals surface area contributed by atoms with Gasteiger partial charge in [-0.3, -0.25) is 5.32 Å². The van der Waals surface area contributed by atoms with Gasteiger partial charge in [0.2, 0.25) is 0 Å². The average Bonchev–Trinajstić information content (AvgIpc) is 2.54. The molecule has 6 nitrogen and oxygen atoms in total. The van der Waals surface area contributed by atoms with Gasteiger partial charge in [-0.15, -0.1) is 6.58 Å². The zero-order valence-electron chi connectivity index (χ0n) is 14.1. The number of urea groups is 2. The largest absolute Gasteiger partial charge is 0.345 e. The summed E-state index contributed by atoms with van der Waals surface area (Å²) in [5, 5.41) is 5.98. The number of amidine groups is 1. The van der Waals surface area contributed by atoms with E-state index in [4.69, 9.17) is 0 Å². The van der Waals surface area contributed by atoms with Crippen molar-refractivity contribution in [2.45, 2.75) is 52.0 Å². The minimum Gasteiger partial charge on any atom is -0.335 e. The molecule has 1 aliphatic carbocycles. The van der Waals surface area contributed by atoms with Crippen LogP contribution in [0.1, 0.15) is 46.0 Å². The Bertz CT molecular complexity index is 430. The molecule has 0 aromatic rings. The molecular weight excluding hydrogens is 312 g/mol. The molecule has 7 heteroatoms. The van der Waals surface area contributed by atoms with Crippen molar-refractivity contribution in [3.05, 3.63) is 12.7 Å². The van der Waals surface area contributed by atoms with Crippen LogP contribution in [0, 0.1) is 0 Å². The SMILES string of the molecule is C=CCSC(=NC(=O)N(CC)CC)NC(=O)NC1CCCCC1. The summed E-state index contributed by atoms with van der Waals surface area (Å²) in [6.45, 7) is 8.63. The van der Waals surface area contributed by atoms with E-state index in [-0.39, 0.29) is 18.1 Å². The smallest absolute Gasteiger partial charge is 0.335 e. The minimum atomic E-state index is -0.334. The van der Waals surface area contributed by atoms with Crippen LogP contribution in [0.15, 0.2) is 17.6 Å². The van der Waals surface area contributed by atoms with Crippen LogP contribution in [0.2, 0.25) is 0 Å². The Morgan fingerprint density at radius 1 is 1.26 bits per heavy atom. The Morgan fingerprint density at radius 3 is 2.48 bits per heavy atom. The first-order valence-electron chi connectivity index (χ1n) is 8.29. The minimum absolute atomic E-state index is 0.216. The van der Waals surface area contributed by atoms with Gasteiger partial charge in [0.15, 0.2) is 5.17 Å². The predicted molar refractivity (Wildman–Crippen MR) is 96.9 cm³/mol. The van der Waals surface area contributed by atoms with Crippen molar-refractivity contribution >= 4 is 29.0 Å². The number of carbonyl (C=O) groups excluding carboxylic acids is 2. The van der Waals surface area contributed by atoms with Crippen LogP contribution in [0.3, 0.4) is 0 Å². The second-order valence-electron chi connectivity index (χ2n) is 5.40. The van der Waals surface area contributed by atoms with Crippen LogP contribution in [0.5, 0.6) is 0 Å². The van der Waals surface area contributed by atoms with Crippen LogP contribution >= 0.6 is 11.8 Å². The third-order valence-electron chi connectivity index (χ3n) is 3.73. The molecule has 2 N–H and O–H groups in total. The number of aliphatic imine (C=N–C) groups is 1. The number of carbonyl (C=O) groups is 2. The number of thioether (sulfide) groups is 1. The van der Waals surface area contributed by atoms with Gasteiger partial charge in [0.1, 0.15) is 0 Å². The van der Waals surface area contributed by atoms with E-state index in [9.17, 15) is 9.59 Å². The number of nitrogens with one attached hydrogen (secondary N) is 2. The second-order valence-corrected chi connectivity index (χ2v) is 6.41. The third-order valence-corrected chi connectivity index (χ3v) is 4.60. The molecule has 1 aliphatic rings. The first kappa shape index (κ1) is 19.5. The number of amides is 4. The van der Waals surface area contributed by atoms with Crippen LogP contribution in [0.25, 0.3) is 0 Å². The van der Waals surface area contributed by atoms with Gasteiger partial charge in [-0.05, 0) is 26.7 Å². The zero-order valence-corrected chi connectivity index (χ0v) is 15.0. The van der Waals surface area contributed by atoms with Gasteiger partial charge in [-0.2, -0.15) is 4.99 Å². The zero-order chi connectivity index (χ0) is 17.1. The molecule has 0 spiro atoms. The summed E-state index contributed by atoms with van der Waals surface area (Å²) < 4.78 is 0. The van der Waals surface area contributed by atoms with Crippen molar-refractivity contribution in [1.29, 1.82) is 0 Å². The molecule has 0 aromatic heterocycles. The summed E-state index contributed by atoms with van der Waals surface area (Å²) in [7, 11) is 0. The molecule has 0 heterocycles. The number of hydrogen-bond acceptors (Lipinski definition) is 3. The van der Waals surface area contributed by atoms with Crippen molar-refractivity contribution in [1.82, 2.24) is 15.5 Å². The number of hydrogen-bond donors (Lipinski definition) is 2. The lowest BCUT2D eigenvalue weighted by Crippen LogP contribution is -2.45. The fourth-order valence-corrected chi connectivity index (χ4v) is 3.03. The second kappa shape index (κ2) is 11.1. The van der Waals surface area contributed by atoms with E-state index >= 15 is 0 Å². The molecule has 0 bridgehead atoms. The summed E-state index contributed by atoms with van der Waals surface area (Å²) in [5.74, 6) is 0.577. The fraction of sp³-hybridized carbons (Fsp3) is 0.688. The molecule has 1 fully saturated rings. The Hall–Kier alpha value is -1.50. The topological polar surface area (TPSA) is 73.8 Å². The van der Waals surface area contributed by atoms with Crippen LogP contribution in [-0.2, 0) is 0 Å². The Labute approximate surface area is 143 Å². The van der Waals surface area contributed by atoms with E-state index < -0.39 is 0 Å². The molecule has 0 aromatic carbocycles. The molecule has 4 amide bonds.